The van der Waals surface area contributed by atoms with Crippen molar-refractivity contribution in [3.63, 3.8) is 0 Å². The van der Waals surface area contributed by atoms with Gasteiger partial charge in [-0.05, 0) is 20.8 Å². The Morgan fingerprint density at radius 2 is 2.07 bits per heavy atom. The molecule has 5 heteroatoms. The van der Waals surface area contributed by atoms with Gasteiger partial charge >= 0.3 is 11.9 Å². The van der Waals surface area contributed by atoms with Crippen LogP contribution in [0.4, 0.5) is 0 Å². The summed E-state index contributed by atoms with van der Waals surface area (Å²) in [6.45, 7) is 5.67. The van der Waals surface area contributed by atoms with Gasteiger partial charge in [-0.3, -0.25) is 10.1 Å². The fraction of sp³-hybridized carbons (Fsp3) is 0.600. The number of ether oxygens (including phenoxy) is 1. The van der Waals surface area contributed by atoms with Crippen LogP contribution in [0.5, 0.6) is 0 Å². The summed E-state index contributed by atoms with van der Waals surface area (Å²) in [6.07, 6.45) is 2.52. The number of carbonyl (C=O) groups excluding carboxylic acids is 1. The third-order valence-corrected chi connectivity index (χ3v) is 1.64. The van der Waals surface area contributed by atoms with E-state index in [1.807, 2.05) is 0 Å². The first-order valence-electron chi connectivity index (χ1n) is 4.70. The highest BCUT2D eigenvalue weighted by Crippen LogP contribution is 2.03. The lowest BCUT2D eigenvalue weighted by Gasteiger charge is -2.21. The zero-order valence-electron chi connectivity index (χ0n) is 9.24. The van der Waals surface area contributed by atoms with E-state index in [-0.39, 0.29) is 12.5 Å². The van der Waals surface area contributed by atoms with Crippen LogP contribution >= 0.6 is 0 Å². The normalized spacial score (nSPS) is 11.7. The molecule has 0 aliphatic carbocycles. The third-order valence-electron chi connectivity index (χ3n) is 1.64. The molecule has 0 spiro atoms. The number of rotatable bonds is 6. The smallest absolute Gasteiger partial charge is 0.328 e. The van der Waals surface area contributed by atoms with E-state index >= 15 is 0 Å². The van der Waals surface area contributed by atoms with E-state index in [0.717, 1.165) is 6.08 Å². The minimum atomic E-state index is -1.01. The summed E-state index contributed by atoms with van der Waals surface area (Å²) < 4.78 is 4.72. The first-order valence-corrected chi connectivity index (χ1v) is 4.70. The molecule has 5 nitrogen and oxygen atoms in total. The lowest BCUT2D eigenvalue weighted by molar-refractivity contribution is -0.142. The van der Waals surface area contributed by atoms with E-state index in [4.69, 9.17) is 9.84 Å². The maximum atomic E-state index is 11.0. The number of esters is 1. The van der Waals surface area contributed by atoms with Gasteiger partial charge in [-0.1, -0.05) is 6.08 Å². The van der Waals surface area contributed by atoms with Crippen LogP contribution < -0.4 is 5.32 Å². The molecule has 0 radical (unpaired) electrons. The van der Waals surface area contributed by atoms with Gasteiger partial charge in [-0.15, -0.1) is 0 Å². The fourth-order valence-corrected chi connectivity index (χ4v) is 0.851. The van der Waals surface area contributed by atoms with Crippen LogP contribution in [0.25, 0.3) is 0 Å². The molecule has 0 aromatic heterocycles. The van der Waals surface area contributed by atoms with Crippen LogP contribution in [-0.2, 0) is 14.3 Å². The van der Waals surface area contributed by atoms with Gasteiger partial charge < -0.3 is 9.84 Å². The van der Waals surface area contributed by atoms with Crippen molar-refractivity contribution in [3.8, 4) is 0 Å². The molecule has 0 rings (SSSR count). The summed E-state index contributed by atoms with van der Waals surface area (Å²) in [6, 6.07) is 0. The van der Waals surface area contributed by atoms with Gasteiger partial charge in [-0.2, -0.15) is 0 Å². The number of carboxylic acids is 1. The minimum absolute atomic E-state index is 0.0603. The van der Waals surface area contributed by atoms with Crippen LogP contribution in [0.15, 0.2) is 12.2 Å². The van der Waals surface area contributed by atoms with Crippen LogP contribution in [0.2, 0.25) is 0 Å². The average molecular weight is 215 g/mol. The maximum Gasteiger partial charge on any atom is 0.328 e. The Morgan fingerprint density at radius 3 is 2.53 bits per heavy atom. The van der Waals surface area contributed by atoms with Gasteiger partial charge in [0.1, 0.15) is 0 Å². The Labute approximate surface area is 89.1 Å². The predicted molar refractivity (Wildman–Crippen MR) is 55.5 cm³/mol. The topological polar surface area (TPSA) is 75.6 Å². The van der Waals surface area contributed by atoms with Crippen LogP contribution in [0.1, 0.15) is 20.8 Å². The number of carboxylic acid groups (broad SMARTS) is 1. The van der Waals surface area contributed by atoms with Crippen molar-refractivity contribution in [1.29, 1.82) is 0 Å². The molecule has 0 unspecified atom stereocenters. The lowest BCUT2D eigenvalue weighted by atomic mass is 10.1. The molecule has 0 saturated carbocycles. The molecule has 0 aromatic carbocycles. The van der Waals surface area contributed by atoms with Gasteiger partial charge in [0, 0.05) is 11.6 Å². The second kappa shape index (κ2) is 6.19. The molecule has 0 bridgehead atoms. The summed E-state index contributed by atoms with van der Waals surface area (Å²) in [5.74, 6) is -1.37. The molecule has 0 amide bonds. The summed E-state index contributed by atoms with van der Waals surface area (Å²) in [5.41, 5.74) is -0.550. The summed E-state index contributed by atoms with van der Waals surface area (Å²) in [5, 5.41) is 11.3. The van der Waals surface area contributed by atoms with Crippen molar-refractivity contribution in [3.05, 3.63) is 12.2 Å². The fourth-order valence-electron chi connectivity index (χ4n) is 0.851. The first-order chi connectivity index (χ1) is 6.87. The predicted octanol–water partition coefficient (Wildman–Crippen LogP) is 0.558. The van der Waals surface area contributed by atoms with Crippen molar-refractivity contribution in [2.75, 3.05) is 13.2 Å². The van der Waals surface area contributed by atoms with E-state index in [2.05, 4.69) is 5.32 Å². The Hall–Kier alpha value is -1.36. The highest BCUT2D eigenvalue weighted by atomic mass is 16.5. The highest BCUT2D eigenvalue weighted by Gasteiger charge is 2.15. The van der Waals surface area contributed by atoms with Gasteiger partial charge in [0.2, 0.25) is 0 Å². The Bertz CT molecular complexity index is 258. The SMILES string of the molecule is CCOC(=O)CNC(C)(C)/C=C/C(=O)O. The molecule has 2 N–H and O–H groups in total. The summed E-state index contributed by atoms with van der Waals surface area (Å²) in [7, 11) is 0. The van der Waals surface area contributed by atoms with E-state index in [1.54, 1.807) is 20.8 Å². The monoisotopic (exact) mass is 215 g/mol. The zero-order valence-corrected chi connectivity index (χ0v) is 9.24. The molecule has 0 fully saturated rings. The van der Waals surface area contributed by atoms with Crippen LogP contribution in [0, 0.1) is 0 Å². The number of carbonyl (C=O) groups is 2. The summed E-state index contributed by atoms with van der Waals surface area (Å²) in [4.78, 5) is 21.3. The van der Waals surface area contributed by atoms with Gasteiger partial charge in [-0.25, -0.2) is 4.79 Å². The molecule has 15 heavy (non-hydrogen) atoms. The molecule has 0 aliphatic heterocycles. The van der Waals surface area contributed by atoms with E-state index < -0.39 is 11.5 Å². The zero-order chi connectivity index (χ0) is 11.9. The van der Waals surface area contributed by atoms with Crippen molar-refractivity contribution in [1.82, 2.24) is 5.32 Å². The molecule has 0 saturated heterocycles. The Balaban J connectivity index is 4.03. The number of hydrogen-bond acceptors (Lipinski definition) is 4. The standard InChI is InChI=1S/C10H17NO4/c1-4-15-9(14)7-11-10(2,3)6-5-8(12)13/h5-6,11H,4,7H2,1-3H3,(H,12,13)/b6-5+. The number of aliphatic carboxylic acids is 1. The van der Waals surface area contributed by atoms with Gasteiger partial charge in [0.15, 0.2) is 0 Å². The average Bonchev–Trinajstić information content (AvgIpc) is 2.13. The first kappa shape index (κ1) is 13.6. The molecular formula is C10H17NO4. The van der Waals surface area contributed by atoms with Crippen molar-refractivity contribution >= 4 is 11.9 Å². The van der Waals surface area contributed by atoms with E-state index in [9.17, 15) is 9.59 Å². The minimum Gasteiger partial charge on any atom is -0.478 e. The molecule has 0 aromatic rings. The lowest BCUT2D eigenvalue weighted by Crippen LogP contribution is -2.41. The van der Waals surface area contributed by atoms with Crippen LogP contribution in [0.3, 0.4) is 0 Å². The van der Waals surface area contributed by atoms with Crippen LogP contribution in [-0.4, -0.2) is 35.7 Å². The van der Waals surface area contributed by atoms with Gasteiger partial charge in [0.25, 0.3) is 0 Å². The second-order valence-corrected chi connectivity index (χ2v) is 3.55. The Kier molecular flexibility index (Phi) is 5.62. The highest BCUT2D eigenvalue weighted by molar-refractivity contribution is 5.80. The van der Waals surface area contributed by atoms with Crippen molar-refractivity contribution < 1.29 is 19.4 Å². The molecule has 0 atom stereocenters. The second-order valence-electron chi connectivity index (χ2n) is 3.55. The summed E-state index contributed by atoms with van der Waals surface area (Å²) >= 11 is 0. The third kappa shape index (κ3) is 7.69. The van der Waals surface area contributed by atoms with Gasteiger partial charge in [0.05, 0.1) is 13.2 Å². The van der Waals surface area contributed by atoms with Crippen molar-refractivity contribution in [2.45, 2.75) is 26.3 Å². The molecule has 86 valence electrons. The quantitative estimate of drug-likeness (QED) is 0.500. The van der Waals surface area contributed by atoms with E-state index in [0.29, 0.717) is 6.61 Å². The van der Waals surface area contributed by atoms with Crippen molar-refractivity contribution in [2.24, 2.45) is 0 Å². The molecule has 0 aliphatic rings. The largest absolute Gasteiger partial charge is 0.478 e. The Morgan fingerprint density at radius 1 is 1.47 bits per heavy atom. The molecular weight excluding hydrogens is 198 g/mol. The maximum absolute atomic E-state index is 11.0. The number of hydrogen-bond donors (Lipinski definition) is 2. The molecule has 0 heterocycles. The number of nitrogens with one attached hydrogen (secondary N) is 1. The van der Waals surface area contributed by atoms with E-state index in [1.165, 1.54) is 6.08 Å².